The number of hydrogen-bond donors (Lipinski definition) is 3. The molecule has 0 heterocycles. The predicted octanol–water partition coefficient (Wildman–Crippen LogP) is 13.0. The average Bonchev–Trinajstić information content (AvgIpc) is 3.22. The van der Waals surface area contributed by atoms with Crippen molar-refractivity contribution >= 4 is 19.7 Å². The zero-order valence-corrected chi connectivity index (χ0v) is 37.8. The van der Waals surface area contributed by atoms with Gasteiger partial charge < -0.3 is 20.1 Å². The fourth-order valence-corrected chi connectivity index (χ4v) is 6.28. The molecule has 0 radical (unpaired) electrons. The number of aliphatic hydroxyl groups is 1. The summed E-state index contributed by atoms with van der Waals surface area (Å²) in [6, 6.07) is 0. The SMILES string of the molecule is CCCCC/C=C\C/C=C\C/C=C\C/C=C\CCCCCC(=O)NCCOP(=O)(O)OCC(O)COC(=O)CCCCC/C=C\C/C=C\C/C=C\C/C=C\CCCCC. The fourth-order valence-electron chi connectivity index (χ4n) is 5.52. The Morgan fingerprint density at radius 2 is 0.915 bits per heavy atom. The van der Waals surface area contributed by atoms with Gasteiger partial charge in [0.25, 0.3) is 0 Å². The summed E-state index contributed by atoms with van der Waals surface area (Å²) in [4.78, 5) is 33.9. The molecule has 0 aromatic heterocycles. The first-order valence-electron chi connectivity index (χ1n) is 22.7. The van der Waals surface area contributed by atoms with Crippen LogP contribution >= 0.6 is 7.82 Å². The topological polar surface area (TPSA) is 131 Å². The predicted molar refractivity (Wildman–Crippen MR) is 247 cm³/mol. The first-order chi connectivity index (χ1) is 28.8. The van der Waals surface area contributed by atoms with Crippen LogP contribution in [0.25, 0.3) is 0 Å². The van der Waals surface area contributed by atoms with E-state index in [1.165, 1.54) is 51.4 Å². The molecule has 0 aromatic carbocycles. The highest BCUT2D eigenvalue weighted by molar-refractivity contribution is 7.47. The Morgan fingerprint density at radius 1 is 0.525 bits per heavy atom. The van der Waals surface area contributed by atoms with Crippen LogP contribution in [0.5, 0.6) is 0 Å². The molecule has 0 aliphatic heterocycles. The summed E-state index contributed by atoms with van der Waals surface area (Å²) in [5, 5.41) is 12.7. The van der Waals surface area contributed by atoms with Crippen molar-refractivity contribution < 1.29 is 37.9 Å². The molecule has 0 bridgehead atoms. The number of aliphatic hydroxyl groups excluding tert-OH is 1. The molecule has 10 heteroatoms. The minimum atomic E-state index is -4.44. The average molecular weight is 844 g/mol. The Hall–Kier alpha value is -3.07. The fraction of sp³-hybridized carbons (Fsp3) is 0.633. The van der Waals surface area contributed by atoms with Gasteiger partial charge in [-0.15, -0.1) is 0 Å². The highest BCUT2D eigenvalue weighted by Crippen LogP contribution is 2.42. The Morgan fingerprint density at radius 3 is 1.34 bits per heavy atom. The van der Waals surface area contributed by atoms with Crippen molar-refractivity contribution in [3.8, 4) is 0 Å². The minimum absolute atomic E-state index is 0.0543. The number of carbonyl (C=O) groups excluding carboxylic acids is 2. The minimum Gasteiger partial charge on any atom is -0.463 e. The summed E-state index contributed by atoms with van der Waals surface area (Å²) >= 11 is 0. The smallest absolute Gasteiger partial charge is 0.463 e. The molecule has 0 saturated carbocycles. The number of phosphoric acid groups is 1. The molecule has 0 aromatic rings. The Kier molecular flexibility index (Phi) is 42.2. The second-order valence-electron chi connectivity index (χ2n) is 14.7. The summed E-state index contributed by atoms with van der Waals surface area (Å²) in [5.74, 6) is -0.587. The van der Waals surface area contributed by atoms with Gasteiger partial charge in [0, 0.05) is 19.4 Å². The number of allylic oxidation sites excluding steroid dienone is 16. The van der Waals surface area contributed by atoms with Gasteiger partial charge in [-0.25, -0.2) is 4.57 Å². The highest BCUT2D eigenvalue weighted by atomic mass is 31.2. The summed E-state index contributed by atoms with van der Waals surface area (Å²) in [7, 11) is -4.44. The lowest BCUT2D eigenvalue weighted by atomic mass is 10.1. The molecule has 336 valence electrons. The van der Waals surface area contributed by atoms with E-state index in [1.54, 1.807) is 0 Å². The molecule has 1 amide bonds. The number of nitrogens with one attached hydrogen (secondary N) is 1. The van der Waals surface area contributed by atoms with Crippen molar-refractivity contribution in [2.24, 2.45) is 0 Å². The van der Waals surface area contributed by atoms with Gasteiger partial charge in [0.05, 0.1) is 13.2 Å². The quantitative estimate of drug-likeness (QED) is 0.0240. The van der Waals surface area contributed by atoms with Crippen LogP contribution in [0.2, 0.25) is 0 Å². The molecule has 0 aliphatic rings. The number of rotatable bonds is 41. The third-order valence-electron chi connectivity index (χ3n) is 8.99. The van der Waals surface area contributed by atoms with Gasteiger partial charge in [-0.1, -0.05) is 150 Å². The monoisotopic (exact) mass is 844 g/mol. The second-order valence-corrected chi connectivity index (χ2v) is 16.1. The lowest BCUT2D eigenvalue weighted by Crippen LogP contribution is -2.27. The van der Waals surface area contributed by atoms with Gasteiger partial charge in [-0.05, 0) is 103 Å². The van der Waals surface area contributed by atoms with Gasteiger partial charge in [0.2, 0.25) is 5.91 Å². The van der Waals surface area contributed by atoms with E-state index in [2.05, 4.69) is 116 Å². The molecule has 0 saturated heterocycles. The van der Waals surface area contributed by atoms with E-state index in [9.17, 15) is 24.2 Å². The van der Waals surface area contributed by atoms with E-state index >= 15 is 0 Å². The molecular weight excluding hydrogens is 762 g/mol. The largest absolute Gasteiger partial charge is 0.472 e. The van der Waals surface area contributed by atoms with Crippen LogP contribution in [0, 0.1) is 0 Å². The molecule has 9 nitrogen and oxygen atoms in total. The van der Waals surface area contributed by atoms with Gasteiger partial charge in [-0.3, -0.25) is 18.6 Å². The van der Waals surface area contributed by atoms with Crippen molar-refractivity contribution in [1.29, 1.82) is 0 Å². The number of carbonyl (C=O) groups is 2. The van der Waals surface area contributed by atoms with Crippen LogP contribution < -0.4 is 5.32 Å². The molecule has 0 fully saturated rings. The number of unbranched alkanes of at least 4 members (excludes halogenated alkanes) is 12. The van der Waals surface area contributed by atoms with Crippen molar-refractivity contribution in [3.05, 3.63) is 97.2 Å². The molecule has 0 aliphatic carbocycles. The van der Waals surface area contributed by atoms with Crippen LogP contribution in [-0.2, 0) is 27.9 Å². The maximum atomic E-state index is 12.1. The van der Waals surface area contributed by atoms with Gasteiger partial charge >= 0.3 is 13.8 Å². The van der Waals surface area contributed by atoms with Crippen LogP contribution in [0.3, 0.4) is 0 Å². The Balaban J connectivity index is 3.73. The molecule has 2 atom stereocenters. The summed E-state index contributed by atoms with van der Waals surface area (Å²) in [6.45, 7) is 3.40. The van der Waals surface area contributed by atoms with Crippen molar-refractivity contribution in [2.45, 2.75) is 174 Å². The Bertz CT molecular complexity index is 1280. The molecular formula is C49H82NO8P. The van der Waals surface area contributed by atoms with Crippen molar-refractivity contribution in [1.82, 2.24) is 5.32 Å². The van der Waals surface area contributed by atoms with E-state index < -0.39 is 26.5 Å². The summed E-state index contributed by atoms with van der Waals surface area (Å²) < 4.78 is 26.9. The number of phosphoric ester groups is 1. The van der Waals surface area contributed by atoms with Crippen LogP contribution in [0.1, 0.15) is 168 Å². The third kappa shape index (κ3) is 45.9. The van der Waals surface area contributed by atoms with E-state index in [1.807, 2.05) is 0 Å². The Labute approximate surface area is 359 Å². The maximum absolute atomic E-state index is 12.1. The van der Waals surface area contributed by atoms with Crippen molar-refractivity contribution in [2.75, 3.05) is 26.4 Å². The van der Waals surface area contributed by atoms with Crippen LogP contribution in [-0.4, -0.2) is 54.3 Å². The van der Waals surface area contributed by atoms with Crippen LogP contribution in [0.4, 0.5) is 0 Å². The van der Waals surface area contributed by atoms with Crippen molar-refractivity contribution in [3.63, 3.8) is 0 Å². The number of hydrogen-bond acceptors (Lipinski definition) is 7. The van der Waals surface area contributed by atoms with E-state index in [-0.39, 0.29) is 32.1 Å². The molecule has 3 N–H and O–H groups in total. The normalized spacial score (nSPS) is 14.2. The van der Waals surface area contributed by atoms with Gasteiger partial charge in [0.15, 0.2) is 0 Å². The summed E-state index contributed by atoms with van der Waals surface area (Å²) in [6.07, 6.45) is 57.6. The number of amides is 1. The van der Waals surface area contributed by atoms with Gasteiger partial charge in [0.1, 0.15) is 12.7 Å². The molecule has 0 spiro atoms. The molecule has 0 rings (SSSR count). The number of esters is 1. The van der Waals surface area contributed by atoms with E-state index in [0.29, 0.717) is 12.8 Å². The zero-order chi connectivity index (χ0) is 43.2. The maximum Gasteiger partial charge on any atom is 0.472 e. The highest BCUT2D eigenvalue weighted by Gasteiger charge is 2.23. The van der Waals surface area contributed by atoms with Crippen LogP contribution in [0.15, 0.2) is 97.2 Å². The molecule has 59 heavy (non-hydrogen) atoms. The zero-order valence-electron chi connectivity index (χ0n) is 36.9. The third-order valence-corrected chi connectivity index (χ3v) is 9.97. The first-order valence-corrected chi connectivity index (χ1v) is 24.2. The first kappa shape index (κ1) is 55.9. The summed E-state index contributed by atoms with van der Waals surface area (Å²) in [5.41, 5.74) is 0. The second kappa shape index (κ2) is 44.5. The molecule has 2 unspecified atom stereocenters. The van der Waals surface area contributed by atoms with Gasteiger partial charge in [-0.2, -0.15) is 0 Å². The standard InChI is InChI=1S/C49H82NO8P/c1-3-5-7-9-11-13-15-17-19-21-23-25-27-29-31-33-35-37-39-41-48(52)50-43-44-57-59(54,55)58-46-47(51)45-56-49(53)42-40-38-36-34-32-30-28-26-24-22-20-18-16-14-12-10-8-6-4-2/h11-14,17-20,23-26,29-32,47,51H,3-10,15-16,21-22,27-28,33-46H2,1-2H3,(H,50,52)(H,54,55)/b13-11-,14-12-,19-17-,20-18-,25-23-,26-24-,31-29-,32-30-. The number of ether oxygens (including phenoxy) is 1. The lowest BCUT2D eigenvalue weighted by Gasteiger charge is -2.15. The van der Waals surface area contributed by atoms with E-state index in [4.69, 9.17) is 13.8 Å². The lowest BCUT2D eigenvalue weighted by molar-refractivity contribution is -0.147. The van der Waals surface area contributed by atoms with E-state index in [0.717, 1.165) is 83.5 Å².